The van der Waals surface area contributed by atoms with E-state index < -0.39 is 11.5 Å². The SMILES string of the molecule is COC(=O)c1ccc2c(c1)NC(CCCCO)(c1c[nH]c3ccccc13)C2=O. The number of carbonyl (C=O) groups is 2. The van der Waals surface area contributed by atoms with Crippen molar-refractivity contribution in [1.29, 1.82) is 0 Å². The van der Waals surface area contributed by atoms with Crippen molar-refractivity contribution in [1.82, 2.24) is 4.98 Å². The second kappa shape index (κ2) is 7.13. The van der Waals surface area contributed by atoms with Crippen molar-refractivity contribution in [3.05, 3.63) is 65.4 Å². The van der Waals surface area contributed by atoms with E-state index in [-0.39, 0.29) is 12.4 Å². The van der Waals surface area contributed by atoms with Gasteiger partial charge >= 0.3 is 5.97 Å². The lowest BCUT2D eigenvalue weighted by atomic mass is 9.81. The van der Waals surface area contributed by atoms with E-state index in [9.17, 15) is 14.7 Å². The van der Waals surface area contributed by atoms with E-state index in [1.165, 1.54) is 7.11 Å². The van der Waals surface area contributed by atoms with Gasteiger partial charge in [0.1, 0.15) is 5.54 Å². The average Bonchev–Trinajstić information content (AvgIpc) is 3.27. The molecule has 2 aromatic carbocycles. The Morgan fingerprint density at radius 1 is 1.18 bits per heavy atom. The molecule has 1 atom stereocenters. The number of rotatable bonds is 6. The number of para-hydroxylation sites is 1. The van der Waals surface area contributed by atoms with Gasteiger partial charge in [0.25, 0.3) is 0 Å². The lowest BCUT2D eigenvalue weighted by Crippen LogP contribution is -2.38. The Kier molecular flexibility index (Phi) is 4.65. The van der Waals surface area contributed by atoms with Crippen LogP contribution in [0, 0.1) is 0 Å². The van der Waals surface area contributed by atoms with E-state index in [1.807, 2.05) is 30.5 Å². The number of methoxy groups -OCH3 is 1. The third kappa shape index (κ3) is 2.77. The highest BCUT2D eigenvalue weighted by molar-refractivity contribution is 6.16. The van der Waals surface area contributed by atoms with Gasteiger partial charge in [0, 0.05) is 40.5 Å². The van der Waals surface area contributed by atoms with Gasteiger partial charge in [0.15, 0.2) is 5.78 Å². The summed E-state index contributed by atoms with van der Waals surface area (Å²) >= 11 is 0. The van der Waals surface area contributed by atoms with Crippen LogP contribution in [0.2, 0.25) is 0 Å². The smallest absolute Gasteiger partial charge is 0.337 e. The van der Waals surface area contributed by atoms with E-state index in [0.29, 0.717) is 36.1 Å². The fourth-order valence-corrected chi connectivity index (χ4v) is 4.03. The number of ketones is 1. The van der Waals surface area contributed by atoms with Crippen molar-refractivity contribution in [3.8, 4) is 0 Å². The number of hydrogen-bond donors (Lipinski definition) is 3. The number of H-pyrrole nitrogens is 1. The molecule has 28 heavy (non-hydrogen) atoms. The molecule has 0 amide bonds. The lowest BCUT2D eigenvalue weighted by molar-refractivity contribution is 0.0600. The van der Waals surface area contributed by atoms with Gasteiger partial charge in [0.05, 0.1) is 12.7 Å². The first-order valence-corrected chi connectivity index (χ1v) is 9.33. The highest BCUT2D eigenvalue weighted by Crippen LogP contribution is 2.45. The maximum absolute atomic E-state index is 13.6. The first-order chi connectivity index (χ1) is 13.6. The number of carbonyl (C=O) groups excluding carboxylic acids is 2. The Morgan fingerprint density at radius 2 is 2.00 bits per heavy atom. The van der Waals surface area contributed by atoms with Crippen LogP contribution in [0.1, 0.15) is 45.5 Å². The van der Waals surface area contributed by atoms with Crippen molar-refractivity contribution < 1.29 is 19.4 Å². The van der Waals surface area contributed by atoms with Crippen molar-refractivity contribution >= 4 is 28.3 Å². The molecule has 0 radical (unpaired) electrons. The summed E-state index contributed by atoms with van der Waals surface area (Å²) in [6, 6.07) is 12.8. The van der Waals surface area contributed by atoms with Crippen LogP contribution in [0.3, 0.4) is 0 Å². The predicted molar refractivity (Wildman–Crippen MR) is 107 cm³/mol. The molecule has 2 heterocycles. The molecule has 0 saturated carbocycles. The van der Waals surface area contributed by atoms with Gasteiger partial charge in [-0.2, -0.15) is 0 Å². The quantitative estimate of drug-likeness (QED) is 0.450. The van der Waals surface area contributed by atoms with Gasteiger partial charge in [-0.25, -0.2) is 4.79 Å². The van der Waals surface area contributed by atoms with Crippen LogP contribution in [0.5, 0.6) is 0 Å². The third-order valence-corrected chi connectivity index (χ3v) is 5.43. The van der Waals surface area contributed by atoms with Crippen LogP contribution in [0.4, 0.5) is 5.69 Å². The molecule has 6 nitrogen and oxygen atoms in total. The van der Waals surface area contributed by atoms with E-state index in [1.54, 1.807) is 18.2 Å². The summed E-state index contributed by atoms with van der Waals surface area (Å²) in [6.07, 6.45) is 3.72. The minimum atomic E-state index is -0.939. The molecule has 1 aromatic heterocycles. The first kappa shape index (κ1) is 18.3. The zero-order valence-electron chi connectivity index (χ0n) is 15.6. The molecule has 0 bridgehead atoms. The van der Waals surface area contributed by atoms with Gasteiger partial charge < -0.3 is 20.1 Å². The summed E-state index contributed by atoms with van der Waals surface area (Å²) in [5, 5.41) is 13.6. The van der Waals surface area contributed by atoms with Crippen LogP contribution in [0.15, 0.2) is 48.7 Å². The standard InChI is InChI=1S/C22H22N2O4/c1-28-21(27)14-8-9-16-19(12-14)24-22(20(16)26,10-4-5-11-25)17-13-23-18-7-3-2-6-15(17)18/h2-3,6-9,12-13,23-25H,4-5,10-11H2,1H3. The zero-order chi connectivity index (χ0) is 19.7. The molecule has 0 aliphatic carbocycles. The van der Waals surface area contributed by atoms with Gasteiger partial charge in [-0.05, 0) is 43.5 Å². The second-order valence-corrected chi connectivity index (χ2v) is 7.04. The minimum Gasteiger partial charge on any atom is -0.465 e. The van der Waals surface area contributed by atoms with Crippen molar-refractivity contribution in [3.63, 3.8) is 0 Å². The number of hydrogen-bond acceptors (Lipinski definition) is 5. The van der Waals surface area contributed by atoms with Gasteiger partial charge in [-0.15, -0.1) is 0 Å². The number of unbranched alkanes of at least 4 members (excludes halogenated alkanes) is 1. The largest absolute Gasteiger partial charge is 0.465 e. The number of aliphatic hydroxyl groups is 1. The lowest BCUT2D eigenvalue weighted by Gasteiger charge is -2.28. The van der Waals surface area contributed by atoms with Crippen LogP contribution in [-0.4, -0.2) is 35.6 Å². The fraction of sp³-hybridized carbons (Fsp3) is 0.273. The number of ether oxygens (including phenoxy) is 1. The summed E-state index contributed by atoms with van der Waals surface area (Å²) in [7, 11) is 1.33. The van der Waals surface area contributed by atoms with Gasteiger partial charge in [-0.3, -0.25) is 4.79 Å². The fourth-order valence-electron chi connectivity index (χ4n) is 4.03. The van der Waals surface area contributed by atoms with Crippen molar-refractivity contribution in [2.75, 3.05) is 19.0 Å². The zero-order valence-corrected chi connectivity index (χ0v) is 15.6. The van der Waals surface area contributed by atoms with Crippen LogP contribution >= 0.6 is 0 Å². The number of aromatic amines is 1. The Balaban J connectivity index is 1.82. The molecular formula is C22H22N2O4. The summed E-state index contributed by atoms with van der Waals surface area (Å²) in [5.74, 6) is -0.469. The Morgan fingerprint density at radius 3 is 2.79 bits per heavy atom. The molecule has 144 valence electrons. The van der Waals surface area contributed by atoms with Crippen LogP contribution < -0.4 is 5.32 Å². The molecule has 0 spiro atoms. The third-order valence-electron chi connectivity index (χ3n) is 5.43. The molecule has 3 N–H and O–H groups in total. The number of nitrogens with one attached hydrogen (secondary N) is 2. The van der Waals surface area contributed by atoms with E-state index in [4.69, 9.17) is 4.74 Å². The highest BCUT2D eigenvalue weighted by Gasteiger charge is 2.47. The van der Waals surface area contributed by atoms with Crippen LogP contribution in [0.25, 0.3) is 10.9 Å². The van der Waals surface area contributed by atoms with Crippen molar-refractivity contribution in [2.45, 2.75) is 24.8 Å². The molecule has 1 aliphatic heterocycles. The van der Waals surface area contributed by atoms with Crippen molar-refractivity contribution in [2.24, 2.45) is 0 Å². The molecule has 3 aromatic rings. The Hall–Kier alpha value is -3.12. The topological polar surface area (TPSA) is 91.4 Å². The number of Topliss-reactive ketones (excluding diaryl/α,β-unsaturated/α-hetero) is 1. The predicted octanol–water partition coefficient (Wildman–Crippen LogP) is 3.62. The molecular weight excluding hydrogens is 356 g/mol. The molecule has 4 rings (SSSR count). The average molecular weight is 378 g/mol. The number of benzene rings is 2. The summed E-state index contributed by atoms with van der Waals surface area (Å²) in [4.78, 5) is 28.7. The van der Waals surface area contributed by atoms with E-state index >= 15 is 0 Å². The number of aliphatic hydroxyl groups excluding tert-OH is 1. The monoisotopic (exact) mass is 378 g/mol. The normalized spacial score (nSPS) is 18.1. The van der Waals surface area contributed by atoms with E-state index in [0.717, 1.165) is 16.5 Å². The Labute approximate surface area is 162 Å². The number of aromatic nitrogens is 1. The second-order valence-electron chi connectivity index (χ2n) is 7.04. The number of anilines is 1. The van der Waals surface area contributed by atoms with Gasteiger partial charge in [0.2, 0.25) is 0 Å². The molecule has 0 fully saturated rings. The maximum atomic E-state index is 13.6. The Bertz CT molecular complexity index is 1060. The summed E-state index contributed by atoms with van der Waals surface area (Å²) < 4.78 is 4.80. The molecule has 0 saturated heterocycles. The van der Waals surface area contributed by atoms with Crippen LogP contribution in [-0.2, 0) is 10.3 Å². The summed E-state index contributed by atoms with van der Waals surface area (Å²) in [5.41, 5.74) is 2.48. The number of fused-ring (bicyclic) bond motifs is 2. The summed E-state index contributed by atoms with van der Waals surface area (Å²) in [6.45, 7) is 0.0809. The molecule has 1 unspecified atom stereocenters. The minimum absolute atomic E-state index is 0.0263. The van der Waals surface area contributed by atoms with E-state index in [2.05, 4.69) is 10.3 Å². The van der Waals surface area contributed by atoms with Gasteiger partial charge in [-0.1, -0.05) is 18.2 Å². The maximum Gasteiger partial charge on any atom is 0.337 e. The number of esters is 1. The molecule has 1 aliphatic rings. The molecule has 6 heteroatoms. The first-order valence-electron chi connectivity index (χ1n) is 9.33. The highest BCUT2D eigenvalue weighted by atomic mass is 16.5.